The number of aromatic nitrogens is 2. The van der Waals surface area contributed by atoms with Gasteiger partial charge in [-0.15, -0.1) is 0 Å². The molecule has 0 aliphatic carbocycles. The summed E-state index contributed by atoms with van der Waals surface area (Å²) in [6.45, 7) is 1.90. The van der Waals surface area contributed by atoms with Crippen LogP contribution in [0.3, 0.4) is 0 Å². The zero-order chi connectivity index (χ0) is 11.0. The predicted octanol–water partition coefficient (Wildman–Crippen LogP) is 1.35. The third-order valence-corrected chi connectivity index (χ3v) is 2.62. The van der Waals surface area contributed by atoms with E-state index in [4.69, 9.17) is 11.6 Å². The molecule has 1 aliphatic heterocycles. The summed E-state index contributed by atoms with van der Waals surface area (Å²) in [5, 5.41) is 9.58. The van der Waals surface area contributed by atoms with E-state index in [1.54, 1.807) is 0 Å². The Labute approximate surface area is 91.7 Å². The molecule has 0 aromatic carbocycles. The van der Waals surface area contributed by atoms with Crippen LogP contribution in [0.25, 0.3) is 0 Å². The van der Waals surface area contributed by atoms with Crippen LogP contribution in [0.4, 0.5) is 5.82 Å². The fourth-order valence-corrected chi connectivity index (χ4v) is 1.81. The van der Waals surface area contributed by atoms with Crippen LogP contribution in [-0.2, 0) is 4.79 Å². The van der Waals surface area contributed by atoms with Crippen molar-refractivity contribution >= 4 is 23.3 Å². The van der Waals surface area contributed by atoms with Crippen molar-refractivity contribution in [2.45, 2.75) is 25.8 Å². The molecule has 1 aromatic rings. The third kappa shape index (κ3) is 1.74. The van der Waals surface area contributed by atoms with Crippen molar-refractivity contribution < 1.29 is 9.90 Å². The average molecular weight is 228 g/mol. The number of nitrogens with zero attached hydrogens (tertiary/aromatic N) is 3. The minimum Gasteiger partial charge on any atom is -0.503 e. The van der Waals surface area contributed by atoms with Gasteiger partial charge in [0.2, 0.25) is 11.2 Å². The highest BCUT2D eigenvalue weighted by atomic mass is 35.5. The standard InChI is InChI=1S/C9H10ClN3O2/c1-5-2-3-7(15)13(5)8-6(14)4-11-9(10)12-8/h4-5,14H,2-3H2,1H3. The number of carbonyl (C=O) groups is 1. The Morgan fingerprint density at radius 2 is 2.40 bits per heavy atom. The number of anilines is 1. The van der Waals surface area contributed by atoms with Gasteiger partial charge < -0.3 is 5.11 Å². The molecule has 2 heterocycles. The summed E-state index contributed by atoms with van der Waals surface area (Å²) in [4.78, 5) is 20.5. The topological polar surface area (TPSA) is 66.3 Å². The highest BCUT2D eigenvalue weighted by Crippen LogP contribution is 2.31. The van der Waals surface area contributed by atoms with Crippen LogP contribution in [0.1, 0.15) is 19.8 Å². The SMILES string of the molecule is CC1CCC(=O)N1c1nc(Cl)ncc1O. The van der Waals surface area contributed by atoms with Gasteiger partial charge in [0, 0.05) is 12.5 Å². The van der Waals surface area contributed by atoms with Crippen molar-refractivity contribution in [3.05, 3.63) is 11.5 Å². The van der Waals surface area contributed by atoms with Gasteiger partial charge in [0.25, 0.3) is 0 Å². The molecule has 2 rings (SSSR count). The van der Waals surface area contributed by atoms with E-state index < -0.39 is 0 Å². The average Bonchev–Trinajstić information content (AvgIpc) is 2.51. The lowest BCUT2D eigenvalue weighted by Crippen LogP contribution is -2.31. The van der Waals surface area contributed by atoms with Crippen molar-refractivity contribution in [3.8, 4) is 5.75 Å². The number of aromatic hydroxyl groups is 1. The fourth-order valence-electron chi connectivity index (χ4n) is 1.68. The monoisotopic (exact) mass is 227 g/mol. The van der Waals surface area contributed by atoms with E-state index in [1.165, 1.54) is 11.1 Å². The van der Waals surface area contributed by atoms with E-state index in [1.807, 2.05) is 6.92 Å². The smallest absolute Gasteiger partial charge is 0.228 e. The Kier molecular flexibility index (Phi) is 2.48. The highest BCUT2D eigenvalue weighted by molar-refractivity contribution is 6.28. The lowest BCUT2D eigenvalue weighted by Gasteiger charge is -2.20. The highest BCUT2D eigenvalue weighted by Gasteiger charge is 2.31. The molecule has 1 fully saturated rings. The molecule has 1 saturated heterocycles. The fraction of sp³-hybridized carbons (Fsp3) is 0.444. The van der Waals surface area contributed by atoms with E-state index in [2.05, 4.69) is 9.97 Å². The normalized spacial score (nSPS) is 21.1. The molecule has 1 unspecified atom stereocenters. The zero-order valence-corrected chi connectivity index (χ0v) is 8.90. The van der Waals surface area contributed by atoms with Crippen LogP contribution in [0.2, 0.25) is 5.28 Å². The van der Waals surface area contributed by atoms with E-state index in [9.17, 15) is 9.90 Å². The summed E-state index contributed by atoms with van der Waals surface area (Å²) in [5.74, 6) is 0.0269. The van der Waals surface area contributed by atoms with Gasteiger partial charge in [-0.1, -0.05) is 0 Å². The van der Waals surface area contributed by atoms with Crippen LogP contribution in [0, 0.1) is 0 Å². The van der Waals surface area contributed by atoms with E-state index in [0.717, 1.165) is 6.42 Å². The van der Waals surface area contributed by atoms with Gasteiger partial charge in [0.05, 0.1) is 6.20 Å². The van der Waals surface area contributed by atoms with Gasteiger partial charge in [0.1, 0.15) is 0 Å². The summed E-state index contributed by atoms with van der Waals surface area (Å²) in [7, 11) is 0. The second-order valence-electron chi connectivity index (χ2n) is 3.50. The Morgan fingerprint density at radius 3 is 3.00 bits per heavy atom. The minimum atomic E-state index is -0.124. The van der Waals surface area contributed by atoms with Crippen molar-refractivity contribution in [1.82, 2.24) is 9.97 Å². The first-order valence-electron chi connectivity index (χ1n) is 4.63. The molecule has 1 aromatic heterocycles. The van der Waals surface area contributed by atoms with Gasteiger partial charge in [-0.3, -0.25) is 9.69 Å². The van der Waals surface area contributed by atoms with Crippen LogP contribution in [-0.4, -0.2) is 27.0 Å². The molecule has 0 radical (unpaired) electrons. The van der Waals surface area contributed by atoms with Gasteiger partial charge in [-0.05, 0) is 24.9 Å². The van der Waals surface area contributed by atoms with E-state index >= 15 is 0 Å². The molecule has 1 N–H and O–H groups in total. The van der Waals surface area contributed by atoms with E-state index in [-0.39, 0.29) is 28.8 Å². The molecule has 1 amide bonds. The molecule has 1 aliphatic rings. The molecule has 0 spiro atoms. The largest absolute Gasteiger partial charge is 0.503 e. The maximum atomic E-state index is 11.6. The summed E-state index contributed by atoms with van der Waals surface area (Å²) < 4.78 is 0. The summed E-state index contributed by atoms with van der Waals surface area (Å²) in [6.07, 6.45) is 2.44. The van der Waals surface area contributed by atoms with Crippen LogP contribution in [0.5, 0.6) is 5.75 Å². The lowest BCUT2D eigenvalue weighted by molar-refractivity contribution is -0.117. The first-order chi connectivity index (χ1) is 7.09. The molecular weight excluding hydrogens is 218 g/mol. The Morgan fingerprint density at radius 1 is 1.67 bits per heavy atom. The lowest BCUT2D eigenvalue weighted by atomic mass is 10.2. The van der Waals surface area contributed by atoms with Crippen molar-refractivity contribution in [2.75, 3.05) is 4.90 Å². The second kappa shape index (κ2) is 3.66. The first-order valence-corrected chi connectivity index (χ1v) is 5.01. The number of hydrogen-bond acceptors (Lipinski definition) is 4. The van der Waals surface area contributed by atoms with Crippen molar-refractivity contribution in [3.63, 3.8) is 0 Å². The third-order valence-electron chi connectivity index (χ3n) is 2.43. The van der Waals surface area contributed by atoms with Gasteiger partial charge in [-0.2, -0.15) is 4.98 Å². The van der Waals surface area contributed by atoms with Gasteiger partial charge in [-0.25, -0.2) is 4.98 Å². The predicted molar refractivity (Wildman–Crippen MR) is 54.9 cm³/mol. The number of carbonyl (C=O) groups excluding carboxylic acids is 1. The van der Waals surface area contributed by atoms with Gasteiger partial charge in [0.15, 0.2) is 11.6 Å². The zero-order valence-electron chi connectivity index (χ0n) is 8.14. The van der Waals surface area contributed by atoms with Crippen molar-refractivity contribution in [1.29, 1.82) is 0 Å². The second-order valence-corrected chi connectivity index (χ2v) is 3.84. The quantitative estimate of drug-likeness (QED) is 0.736. The summed E-state index contributed by atoms with van der Waals surface area (Å²) in [5.41, 5.74) is 0. The number of halogens is 1. The van der Waals surface area contributed by atoms with Crippen molar-refractivity contribution in [2.24, 2.45) is 0 Å². The molecule has 15 heavy (non-hydrogen) atoms. The number of amides is 1. The maximum absolute atomic E-state index is 11.6. The number of rotatable bonds is 1. The summed E-state index contributed by atoms with van der Waals surface area (Å²) in [6, 6.07) is 0.0365. The van der Waals surface area contributed by atoms with Crippen LogP contribution in [0.15, 0.2) is 6.20 Å². The molecular formula is C9H10ClN3O2. The van der Waals surface area contributed by atoms with Crippen LogP contribution >= 0.6 is 11.6 Å². The maximum Gasteiger partial charge on any atom is 0.228 e. The minimum absolute atomic E-state index is 0.0229. The first kappa shape index (κ1) is 10.2. The molecule has 5 nitrogen and oxygen atoms in total. The van der Waals surface area contributed by atoms with Gasteiger partial charge >= 0.3 is 0 Å². The summed E-state index contributed by atoms with van der Waals surface area (Å²) >= 11 is 5.62. The van der Waals surface area contributed by atoms with Crippen LogP contribution < -0.4 is 4.90 Å². The Bertz CT molecular complexity index is 410. The Hall–Kier alpha value is -1.36. The molecule has 6 heteroatoms. The molecule has 0 saturated carbocycles. The van der Waals surface area contributed by atoms with E-state index in [0.29, 0.717) is 6.42 Å². The number of hydrogen-bond donors (Lipinski definition) is 1. The molecule has 0 bridgehead atoms. The molecule has 80 valence electrons. The Balaban J connectivity index is 2.44. The molecule has 1 atom stereocenters.